The monoisotopic (exact) mass is 254 g/mol. The smallest absolute Gasteiger partial charge is 0.0678 e. The van der Waals surface area contributed by atoms with Crippen LogP contribution in [0.1, 0.15) is 23.2 Å². The van der Waals surface area contributed by atoms with Gasteiger partial charge in [-0.1, -0.05) is 30.3 Å². The lowest BCUT2D eigenvalue weighted by Gasteiger charge is -2.29. The van der Waals surface area contributed by atoms with Gasteiger partial charge in [-0.05, 0) is 36.1 Å². The molecule has 3 heteroatoms. The predicted molar refractivity (Wildman–Crippen MR) is 74.6 cm³/mol. The maximum absolute atomic E-state index is 9.86. The highest BCUT2D eigenvalue weighted by atomic mass is 16.3. The molecule has 3 rings (SSSR count). The Morgan fingerprint density at radius 2 is 2.00 bits per heavy atom. The topological polar surface area (TPSA) is 45.1 Å². The number of aromatic nitrogens is 1. The first-order valence-corrected chi connectivity index (χ1v) is 6.68. The Bertz CT molecular complexity index is 556. The van der Waals surface area contributed by atoms with Gasteiger partial charge in [-0.2, -0.15) is 0 Å². The number of benzene rings is 1. The van der Waals surface area contributed by atoms with Crippen LogP contribution in [0, 0.1) is 0 Å². The summed E-state index contributed by atoms with van der Waals surface area (Å²) in [5, 5.41) is 13.4. The molecule has 0 aliphatic heterocycles. The maximum atomic E-state index is 9.86. The first-order valence-electron chi connectivity index (χ1n) is 6.68. The van der Waals surface area contributed by atoms with E-state index in [0.717, 1.165) is 18.5 Å². The molecule has 0 spiro atoms. The molecule has 0 fully saturated rings. The number of hydrogen-bond donors (Lipinski definition) is 2. The normalized spacial score (nSPS) is 21.3. The largest absolute Gasteiger partial charge is 0.394 e. The molecule has 1 heterocycles. The summed E-state index contributed by atoms with van der Waals surface area (Å²) in [4.78, 5) is 4.32. The van der Waals surface area contributed by atoms with Gasteiger partial charge in [0.25, 0.3) is 0 Å². The molecule has 2 N–H and O–H groups in total. The van der Waals surface area contributed by atoms with Crippen LogP contribution in [0.4, 0.5) is 0 Å². The van der Waals surface area contributed by atoms with Gasteiger partial charge in [-0.15, -0.1) is 0 Å². The SMILES string of the molecule is OCC1(NCc2ccccn2)CCc2ccccc21. The molecule has 98 valence electrons. The van der Waals surface area contributed by atoms with E-state index in [0.29, 0.717) is 6.54 Å². The lowest BCUT2D eigenvalue weighted by molar-refractivity contribution is 0.158. The number of hydrogen-bond acceptors (Lipinski definition) is 3. The van der Waals surface area contributed by atoms with Crippen molar-refractivity contribution in [3.05, 3.63) is 65.5 Å². The molecular weight excluding hydrogens is 236 g/mol. The van der Waals surface area contributed by atoms with E-state index < -0.39 is 0 Å². The number of aryl methyl sites for hydroxylation is 1. The third-order valence-corrected chi connectivity index (χ3v) is 3.96. The first-order chi connectivity index (χ1) is 9.34. The van der Waals surface area contributed by atoms with Crippen LogP contribution in [0.5, 0.6) is 0 Å². The Hall–Kier alpha value is -1.71. The summed E-state index contributed by atoms with van der Waals surface area (Å²) in [7, 11) is 0. The van der Waals surface area contributed by atoms with Crippen molar-refractivity contribution in [3.8, 4) is 0 Å². The Labute approximate surface area is 113 Å². The number of nitrogens with one attached hydrogen (secondary N) is 1. The summed E-state index contributed by atoms with van der Waals surface area (Å²) >= 11 is 0. The molecular formula is C16H18N2O. The fraction of sp³-hybridized carbons (Fsp3) is 0.312. The lowest BCUT2D eigenvalue weighted by Crippen LogP contribution is -2.43. The van der Waals surface area contributed by atoms with Crippen LogP contribution in [0.15, 0.2) is 48.7 Å². The molecule has 3 nitrogen and oxygen atoms in total. The predicted octanol–water partition coefficient (Wildman–Crippen LogP) is 2.01. The van der Waals surface area contributed by atoms with Crippen molar-refractivity contribution in [1.82, 2.24) is 10.3 Å². The highest BCUT2D eigenvalue weighted by molar-refractivity contribution is 5.38. The van der Waals surface area contributed by atoms with Gasteiger partial charge < -0.3 is 5.11 Å². The summed E-state index contributed by atoms with van der Waals surface area (Å²) in [5.41, 5.74) is 3.26. The van der Waals surface area contributed by atoms with Crippen LogP contribution in [0.25, 0.3) is 0 Å². The average molecular weight is 254 g/mol. The van der Waals surface area contributed by atoms with Gasteiger partial charge in [0.2, 0.25) is 0 Å². The minimum absolute atomic E-state index is 0.122. The van der Waals surface area contributed by atoms with Crippen molar-refractivity contribution < 1.29 is 5.11 Å². The molecule has 1 aliphatic carbocycles. The number of aliphatic hydroxyl groups is 1. The van der Waals surface area contributed by atoms with E-state index in [4.69, 9.17) is 0 Å². The van der Waals surface area contributed by atoms with Gasteiger partial charge in [0, 0.05) is 12.7 Å². The van der Waals surface area contributed by atoms with Crippen LogP contribution in [-0.2, 0) is 18.5 Å². The molecule has 2 aromatic rings. The Morgan fingerprint density at radius 3 is 2.79 bits per heavy atom. The highest BCUT2D eigenvalue weighted by Gasteiger charge is 2.37. The minimum Gasteiger partial charge on any atom is -0.394 e. The summed E-state index contributed by atoms with van der Waals surface area (Å²) in [6.07, 6.45) is 3.76. The van der Waals surface area contributed by atoms with Crippen molar-refractivity contribution in [2.24, 2.45) is 0 Å². The Morgan fingerprint density at radius 1 is 1.16 bits per heavy atom. The van der Waals surface area contributed by atoms with Crippen molar-refractivity contribution in [2.45, 2.75) is 24.9 Å². The molecule has 1 aliphatic rings. The van der Waals surface area contributed by atoms with E-state index in [1.165, 1.54) is 11.1 Å². The summed E-state index contributed by atoms with van der Waals surface area (Å²) in [6.45, 7) is 0.798. The molecule has 1 atom stereocenters. The van der Waals surface area contributed by atoms with E-state index in [2.05, 4.69) is 28.5 Å². The molecule has 0 saturated carbocycles. The zero-order valence-corrected chi connectivity index (χ0v) is 10.8. The van der Waals surface area contributed by atoms with Gasteiger partial charge in [-0.25, -0.2) is 0 Å². The van der Waals surface area contributed by atoms with Gasteiger partial charge in [0.05, 0.1) is 17.8 Å². The number of nitrogens with zero attached hydrogens (tertiary/aromatic N) is 1. The standard InChI is InChI=1S/C16H18N2O/c19-12-16(18-11-14-6-3-4-10-17-14)9-8-13-5-1-2-7-15(13)16/h1-7,10,18-19H,8-9,11-12H2. The quantitative estimate of drug-likeness (QED) is 0.877. The van der Waals surface area contributed by atoms with Crippen molar-refractivity contribution in [3.63, 3.8) is 0 Å². The summed E-state index contributed by atoms with van der Waals surface area (Å²) < 4.78 is 0. The van der Waals surface area contributed by atoms with Crippen LogP contribution in [-0.4, -0.2) is 16.7 Å². The molecule has 19 heavy (non-hydrogen) atoms. The van der Waals surface area contributed by atoms with E-state index in [1.54, 1.807) is 6.20 Å². The van der Waals surface area contributed by atoms with Crippen molar-refractivity contribution in [1.29, 1.82) is 0 Å². The first kappa shape index (κ1) is 12.3. The molecule has 1 aromatic carbocycles. The number of aliphatic hydroxyl groups excluding tert-OH is 1. The fourth-order valence-corrected chi connectivity index (χ4v) is 2.85. The highest BCUT2D eigenvalue weighted by Crippen LogP contribution is 2.36. The van der Waals surface area contributed by atoms with Gasteiger partial charge in [-0.3, -0.25) is 10.3 Å². The Kier molecular flexibility index (Phi) is 3.32. The summed E-state index contributed by atoms with van der Waals surface area (Å²) in [5.74, 6) is 0. The fourth-order valence-electron chi connectivity index (χ4n) is 2.85. The van der Waals surface area contributed by atoms with Crippen LogP contribution < -0.4 is 5.32 Å². The molecule has 1 aromatic heterocycles. The number of pyridine rings is 1. The van der Waals surface area contributed by atoms with E-state index in [9.17, 15) is 5.11 Å². The summed E-state index contributed by atoms with van der Waals surface area (Å²) in [6, 6.07) is 14.3. The van der Waals surface area contributed by atoms with E-state index in [-0.39, 0.29) is 12.1 Å². The third kappa shape index (κ3) is 2.27. The second-order valence-electron chi connectivity index (χ2n) is 5.07. The minimum atomic E-state index is -0.311. The van der Waals surface area contributed by atoms with Gasteiger partial charge in [0.15, 0.2) is 0 Å². The average Bonchev–Trinajstić information content (AvgIpc) is 2.86. The van der Waals surface area contributed by atoms with Crippen LogP contribution >= 0.6 is 0 Å². The van der Waals surface area contributed by atoms with Gasteiger partial charge >= 0.3 is 0 Å². The lowest BCUT2D eigenvalue weighted by atomic mass is 9.92. The van der Waals surface area contributed by atoms with Crippen molar-refractivity contribution in [2.75, 3.05) is 6.61 Å². The molecule has 0 saturated heterocycles. The van der Waals surface area contributed by atoms with Crippen LogP contribution in [0.3, 0.4) is 0 Å². The second kappa shape index (κ2) is 5.11. The molecule has 0 amide bonds. The zero-order chi connectivity index (χ0) is 13.1. The number of fused-ring (bicyclic) bond motifs is 1. The second-order valence-corrected chi connectivity index (χ2v) is 5.07. The zero-order valence-electron chi connectivity index (χ0n) is 10.8. The molecule has 0 bridgehead atoms. The molecule has 0 radical (unpaired) electrons. The van der Waals surface area contributed by atoms with Crippen LogP contribution in [0.2, 0.25) is 0 Å². The van der Waals surface area contributed by atoms with Crippen molar-refractivity contribution >= 4 is 0 Å². The van der Waals surface area contributed by atoms with Gasteiger partial charge in [0.1, 0.15) is 0 Å². The molecule has 1 unspecified atom stereocenters. The third-order valence-electron chi connectivity index (χ3n) is 3.96. The Balaban J connectivity index is 1.82. The van der Waals surface area contributed by atoms with E-state index >= 15 is 0 Å². The number of rotatable bonds is 4. The maximum Gasteiger partial charge on any atom is 0.0678 e. The van der Waals surface area contributed by atoms with E-state index in [1.807, 2.05) is 24.3 Å².